The maximum atomic E-state index is 13.0. The molecule has 1 aliphatic rings. The molecule has 2 heterocycles. The molecule has 0 atom stereocenters. The van der Waals surface area contributed by atoms with Gasteiger partial charge in [0.05, 0.1) is 0 Å². The second-order valence-electron chi connectivity index (χ2n) is 6.29. The summed E-state index contributed by atoms with van der Waals surface area (Å²) >= 11 is 0. The molecule has 1 aromatic heterocycles. The zero-order valence-corrected chi connectivity index (χ0v) is 14.3. The summed E-state index contributed by atoms with van der Waals surface area (Å²) in [5, 5.41) is 0. The van der Waals surface area contributed by atoms with E-state index in [9.17, 15) is 9.18 Å². The molecule has 0 bridgehead atoms. The van der Waals surface area contributed by atoms with Crippen LogP contribution in [0.15, 0.2) is 71.1 Å². The van der Waals surface area contributed by atoms with Crippen molar-refractivity contribution < 1.29 is 13.6 Å². The Labute approximate surface area is 151 Å². The van der Waals surface area contributed by atoms with Gasteiger partial charge in [-0.2, -0.15) is 0 Å². The fourth-order valence-corrected chi connectivity index (χ4v) is 3.18. The molecule has 4 rings (SSSR count). The Kier molecular flexibility index (Phi) is 4.44. The first kappa shape index (κ1) is 16.4. The zero-order valence-electron chi connectivity index (χ0n) is 14.3. The van der Waals surface area contributed by atoms with Crippen LogP contribution in [0.1, 0.15) is 10.6 Å². The molecule has 0 aliphatic carbocycles. The first-order valence-corrected chi connectivity index (χ1v) is 8.66. The number of halogens is 1. The van der Waals surface area contributed by atoms with Crippen molar-refractivity contribution in [2.75, 3.05) is 31.1 Å². The van der Waals surface area contributed by atoms with Gasteiger partial charge in [0, 0.05) is 37.4 Å². The smallest absolute Gasteiger partial charge is 0.289 e. The number of nitrogens with zero attached hydrogens (tertiary/aromatic N) is 2. The van der Waals surface area contributed by atoms with Crippen LogP contribution in [0.4, 0.5) is 10.1 Å². The largest absolute Gasteiger partial charge is 0.451 e. The van der Waals surface area contributed by atoms with Crippen LogP contribution in [0.5, 0.6) is 0 Å². The topological polar surface area (TPSA) is 36.7 Å². The number of amides is 1. The van der Waals surface area contributed by atoms with Gasteiger partial charge >= 0.3 is 0 Å². The van der Waals surface area contributed by atoms with E-state index in [-0.39, 0.29) is 11.7 Å². The van der Waals surface area contributed by atoms with E-state index < -0.39 is 0 Å². The molecule has 1 aliphatic heterocycles. The van der Waals surface area contributed by atoms with Crippen LogP contribution in [0, 0.1) is 5.82 Å². The van der Waals surface area contributed by atoms with E-state index >= 15 is 0 Å². The molecule has 0 N–H and O–H groups in total. The molecular weight excluding hydrogens is 331 g/mol. The number of carbonyl (C=O) groups is 1. The van der Waals surface area contributed by atoms with Crippen molar-refractivity contribution in [3.05, 3.63) is 78.3 Å². The molecule has 0 unspecified atom stereocenters. The molecule has 26 heavy (non-hydrogen) atoms. The third-order valence-corrected chi connectivity index (χ3v) is 4.63. The Balaban J connectivity index is 1.42. The number of rotatable bonds is 3. The number of piperazine rings is 1. The van der Waals surface area contributed by atoms with Crippen molar-refractivity contribution in [1.82, 2.24) is 4.90 Å². The molecule has 1 saturated heterocycles. The second kappa shape index (κ2) is 7.04. The lowest BCUT2D eigenvalue weighted by molar-refractivity contribution is 0.0715. The van der Waals surface area contributed by atoms with E-state index in [1.807, 2.05) is 23.1 Å². The van der Waals surface area contributed by atoms with Gasteiger partial charge < -0.3 is 14.2 Å². The normalized spacial score (nSPS) is 14.5. The average Bonchev–Trinajstić information content (AvgIpc) is 3.19. The Morgan fingerprint density at radius 1 is 0.846 bits per heavy atom. The number of furan rings is 1. The summed E-state index contributed by atoms with van der Waals surface area (Å²) < 4.78 is 18.7. The van der Waals surface area contributed by atoms with E-state index in [1.54, 1.807) is 24.3 Å². The van der Waals surface area contributed by atoms with E-state index in [4.69, 9.17) is 4.42 Å². The number of benzene rings is 2. The van der Waals surface area contributed by atoms with Crippen LogP contribution >= 0.6 is 0 Å². The fourth-order valence-electron chi connectivity index (χ4n) is 3.18. The molecule has 2 aromatic carbocycles. The van der Waals surface area contributed by atoms with Crippen molar-refractivity contribution in [3.63, 3.8) is 0 Å². The zero-order chi connectivity index (χ0) is 17.9. The van der Waals surface area contributed by atoms with E-state index in [0.29, 0.717) is 24.6 Å². The summed E-state index contributed by atoms with van der Waals surface area (Å²) in [7, 11) is 0. The molecule has 5 heteroatoms. The number of hydrogen-bond acceptors (Lipinski definition) is 3. The maximum Gasteiger partial charge on any atom is 0.289 e. The minimum Gasteiger partial charge on any atom is -0.451 e. The quantitative estimate of drug-likeness (QED) is 0.715. The van der Waals surface area contributed by atoms with E-state index in [0.717, 1.165) is 18.7 Å². The Hall–Kier alpha value is -3.08. The number of para-hydroxylation sites is 1. The van der Waals surface area contributed by atoms with Gasteiger partial charge in [0.25, 0.3) is 5.91 Å². The SMILES string of the molecule is O=C(c1ccc(-c2ccc(F)cc2)o1)N1CCN(c2ccccc2)CC1. The van der Waals surface area contributed by atoms with Crippen molar-refractivity contribution in [3.8, 4) is 11.3 Å². The van der Waals surface area contributed by atoms with Crippen molar-refractivity contribution in [1.29, 1.82) is 0 Å². The van der Waals surface area contributed by atoms with Crippen LogP contribution in [0.2, 0.25) is 0 Å². The average molecular weight is 350 g/mol. The summed E-state index contributed by atoms with van der Waals surface area (Å²) in [6.45, 7) is 2.89. The summed E-state index contributed by atoms with van der Waals surface area (Å²) in [6.07, 6.45) is 0. The van der Waals surface area contributed by atoms with Crippen LogP contribution < -0.4 is 4.90 Å². The van der Waals surface area contributed by atoms with Crippen molar-refractivity contribution in [2.24, 2.45) is 0 Å². The molecule has 132 valence electrons. The standard InChI is InChI=1S/C21H19FN2O2/c22-17-8-6-16(7-9-17)19-10-11-20(26-19)21(25)24-14-12-23(13-15-24)18-4-2-1-3-5-18/h1-11H,12-15H2. The minimum absolute atomic E-state index is 0.105. The molecule has 1 fully saturated rings. The van der Waals surface area contributed by atoms with Gasteiger partial charge in [-0.1, -0.05) is 18.2 Å². The number of hydrogen-bond donors (Lipinski definition) is 0. The Morgan fingerprint density at radius 2 is 1.54 bits per heavy atom. The summed E-state index contributed by atoms with van der Waals surface area (Å²) in [5.41, 5.74) is 1.93. The van der Waals surface area contributed by atoms with Gasteiger partial charge in [-0.25, -0.2) is 4.39 Å². The van der Waals surface area contributed by atoms with Gasteiger partial charge in [0.15, 0.2) is 5.76 Å². The summed E-state index contributed by atoms with van der Waals surface area (Å²) in [5.74, 6) is 0.479. The van der Waals surface area contributed by atoms with E-state index in [1.165, 1.54) is 17.8 Å². The highest BCUT2D eigenvalue weighted by atomic mass is 19.1. The summed E-state index contributed by atoms with van der Waals surface area (Å²) in [4.78, 5) is 16.8. The minimum atomic E-state index is -0.298. The Morgan fingerprint density at radius 3 is 2.23 bits per heavy atom. The van der Waals surface area contributed by atoms with Crippen LogP contribution in [-0.4, -0.2) is 37.0 Å². The highest BCUT2D eigenvalue weighted by Crippen LogP contribution is 2.24. The van der Waals surface area contributed by atoms with Gasteiger partial charge in [-0.05, 0) is 48.5 Å². The predicted molar refractivity (Wildman–Crippen MR) is 98.7 cm³/mol. The highest BCUT2D eigenvalue weighted by molar-refractivity contribution is 5.92. The third-order valence-electron chi connectivity index (χ3n) is 4.63. The fraction of sp³-hybridized carbons (Fsp3) is 0.190. The maximum absolute atomic E-state index is 13.0. The molecular formula is C21H19FN2O2. The van der Waals surface area contributed by atoms with Gasteiger partial charge in [-0.15, -0.1) is 0 Å². The van der Waals surface area contributed by atoms with E-state index in [2.05, 4.69) is 17.0 Å². The van der Waals surface area contributed by atoms with Crippen LogP contribution in [0.3, 0.4) is 0 Å². The number of anilines is 1. The highest BCUT2D eigenvalue weighted by Gasteiger charge is 2.24. The molecule has 0 radical (unpaired) electrons. The van der Waals surface area contributed by atoms with Crippen molar-refractivity contribution in [2.45, 2.75) is 0 Å². The molecule has 0 saturated carbocycles. The lowest BCUT2D eigenvalue weighted by Gasteiger charge is -2.35. The monoisotopic (exact) mass is 350 g/mol. The van der Waals surface area contributed by atoms with Crippen LogP contribution in [0.25, 0.3) is 11.3 Å². The van der Waals surface area contributed by atoms with Crippen molar-refractivity contribution >= 4 is 11.6 Å². The second-order valence-corrected chi connectivity index (χ2v) is 6.29. The first-order chi connectivity index (χ1) is 12.7. The molecule has 1 amide bonds. The van der Waals surface area contributed by atoms with Crippen LogP contribution in [-0.2, 0) is 0 Å². The lowest BCUT2D eigenvalue weighted by Crippen LogP contribution is -2.48. The Bertz CT molecular complexity index is 882. The van der Waals surface area contributed by atoms with Gasteiger partial charge in [0.1, 0.15) is 11.6 Å². The molecule has 3 aromatic rings. The molecule has 0 spiro atoms. The lowest BCUT2D eigenvalue weighted by atomic mass is 10.2. The van der Waals surface area contributed by atoms with Gasteiger partial charge in [-0.3, -0.25) is 4.79 Å². The predicted octanol–water partition coefficient (Wildman–Crippen LogP) is 4.05. The summed E-state index contributed by atoms with van der Waals surface area (Å²) in [6, 6.07) is 19.7. The first-order valence-electron chi connectivity index (χ1n) is 8.66. The molecule has 4 nitrogen and oxygen atoms in total. The number of carbonyl (C=O) groups excluding carboxylic acids is 1. The third kappa shape index (κ3) is 3.33. The van der Waals surface area contributed by atoms with Gasteiger partial charge in [0.2, 0.25) is 0 Å².